The zero-order chi connectivity index (χ0) is 27.2. The van der Waals surface area contributed by atoms with Crippen LogP contribution in [-0.4, -0.2) is 57.1 Å². The van der Waals surface area contributed by atoms with Gasteiger partial charge in [0.25, 0.3) is 0 Å². The van der Waals surface area contributed by atoms with E-state index >= 15 is 0 Å². The van der Waals surface area contributed by atoms with E-state index in [0.29, 0.717) is 27.8 Å². The van der Waals surface area contributed by atoms with E-state index < -0.39 is 28.5 Å². The van der Waals surface area contributed by atoms with Crippen molar-refractivity contribution in [2.75, 3.05) is 24.2 Å². The highest BCUT2D eigenvalue weighted by atomic mass is 35.5. The van der Waals surface area contributed by atoms with E-state index in [2.05, 4.69) is 5.32 Å². The smallest absolute Gasteiger partial charge is 0.244 e. The molecule has 1 atom stereocenters. The highest BCUT2D eigenvalue weighted by Crippen LogP contribution is 2.30. The second-order valence-corrected chi connectivity index (χ2v) is 11.8. The van der Waals surface area contributed by atoms with Crippen molar-refractivity contribution in [1.29, 1.82) is 0 Å². The molecule has 202 valence electrons. The lowest BCUT2D eigenvalue weighted by molar-refractivity contribution is -0.140. The lowest BCUT2D eigenvalue weighted by Crippen LogP contribution is -2.53. The van der Waals surface area contributed by atoms with E-state index in [9.17, 15) is 18.0 Å². The van der Waals surface area contributed by atoms with Crippen LogP contribution in [0.15, 0.2) is 42.5 Å². The van der Waals surface area contributed by atoms with Gasteiger partial charge in [-0.25, -0.2) is 8.42 Å². The summed E-state index contributed by atoms with van der Waals surface area (Å²) in [7, 11) is -2.44. The standard InChI is InChI=1S/C26H33Cl2N3O5S/c1-4-22(26(33)29-19-9-5-6-10-19)30(16-18-13-14-20(27)21(28)15-18)25(32)17-31(37(3,34)35)23-11-7-8-12-24(23)36-2/h7-8,11-15,19,22H,4-6,9-10,16-17H2,1-3H3,(H,29,33). The molecular formula is C26H33Cl2N3O5S. The number of carbonyl (C=O) groups excluding carboxylic acids is 2. The van der Waals surface area contributed by atoms with Gasteiger partial charge in [0, 0.05) is 12.6 Å². The van der Waals surface area contributed by atoms with E-state index in [1.807, 2.05) is 6.92 Å². The number of hydrogen-bond donors (Lipinski definition) is 1. The fourth-order valence-corrected chi connectivity index (χ4v) is 5.73. The monoisotopic (exact) mass is 569 g/mol. The number of benzene rings is 2. The van der Waals surface area contributed by atoms with Gasteiger partial charge in [0.05, 0.1) is 29.1 Å². The summed E-state index contributed by atoms with van der Waals surface area (Å²) in [5.41, 5.74) is 0.900. The van der Waals surface area contributed by atoms with E-state index in [0.717, 1.165) is 36.2 Å². The van der Waals surface area contributed by atoms with Gasteiger partial charge in [-0.1, -0.05) is 61.2 Å². The van der Waals surface area contributed by atoms with Gasteiger partial charge in [-0.05, 0) is 49.1 Å². The molecule has 1 aliphatic rings. The fourth-order valence-electron chi connectivity index (χ4n) is 4.55. The second-order valence-electron chi connectivity index (χ2n) is 9.13. The molecule has 1 unspecified atom stereocenters. The number of methoxy groups -OCH3 is 1. The predicted molar refractivity (Wildman–Crippen MR) is 147 cm³/mol. The van der Waals surface area contributed by atoms with Gasteiger partial charge >= 0.3 is 0 Å². The number of nitrogens with zero attached hydrogens (tertiary/aromatic N) is 2. The molecule has 37 heavy (non-hydrogen) atoms. The summed E-state index contributed by atoms with van der Waals surface area (Å²) in [6, 6.07) is 10.8. The summed E-state index contributed by atoms with van der Waals surface area (Å²) < 4.78 is 31.9. The van der Waals surface area contributed by atoms with Crippen LogP contribution in [0, 0.1) is 0 Å². The third-order valence-electron chi connectivity index (χ3n) is 6.46. The maximum atomic E-state index is 13.8. The molecule has 3 rings (SSSR count). The molecule has 0 heterocycles. The number of para-hydroxylation sites is 2. The fraction of sp³-hybridized carbons (Fsp3) is 0.462. The van der Waals surface area contributed by atoms with Crippen LogP contribution in [0.1, 0.15) is 44.6 Å². The van der Waals surface area contributed by atoms with Crippen LogP contribution >= 0.6 is 23.2 Å². The number of amides is 2. The van der Waals surface area contributed by atoms with Crippen molar-refractivity contribution in [3.05, 3.63) is 58.1 Å². The van der Waals surface area contributed by atoms with Gasteiger partial charge in [0.15, 0.2) is 0 Å². The minimum atomic E-state index is -3.87. The van der Waals surface area contributed by atoms with Gasteiger partial charge in [0.2, 0.25) is 21.8 Å². The number of hydrogen-bond acceptors (Lipinski definition) is 5. The van der Waals surface area contributed by atoms with Crippen molar-refractivity contribution in [3.63, 3.8) is 0 Å². The van der Waals surface area contributed by atoms with Crippen LogP contribution in [0.3, 0.4) is 0 Å². The number of halogens is 2. The first-order chi connectivity index (χ1) is 17.5. The molecule has 1 aliphatic carbocycles. The van der Waals surface area contributed by atoms with Gasteiger partial charge in [-0.15, -0.1) is 0 Å². The highest BCUT2D eigenvalue weighted by molar-refractivity contribution is 7.92. The Labute approximate surface area is 228 Å². The lowest BCUT2D eigenvalue weighted by Gasteiger charge is -2.33. The molecule has 0 aliphatic heterocycles. The van der Waals surface area contributed by atoms with Crippen LogP contribution in [0.2, 0.25) is 10.0 Å². The van der Waals surface area contributed by atoms with Gasteiger partial charge in [-0.2, -0.15) is 0 Å². The largest absolute Gasteiger partial charge is 0.495 e. The normalized spacial score (nSPS) is 14.7. The third kappa shape index (κ3) is 7.52. The predicted octanol–water partition coefficient (Wildman–Crippen LogP) is 4.63. The molecule has 0 bridgehead atoms. The third-order valence-corrected chi connectivity index (χ3v) is 8.32. The molecule has 11 heteroatoms. The molecule has 1 fully saturated rings. The Morgan fingerprint density at radius 1 is 1.11 bits per heavy atom. The molecule has 0 radical (unpaired) electrons. The van der Waals surface area contributed by atoms with Crippen LogP contribution < -0.4 is 14.4 Å². The van der Waals surface area contributed by atoms with Crippen LogP contribution in [0.25, 0.3) is 0 Å². The number of anilines is 1. The van der Waals surface area contributed by atoms with E-state index in [-0.39, 0.29) is 24.2 Å². The first-order valence-corrected chi connectivity index (χ1v) is 14.8. The topological polar surface area (TPSA) is 96.0 Å². The summed E-state index contributed by atoms with van der Waals surface area (Å²) in [5.74, 6) is -0.482. The molecule has 2 aromatic rings. The van der Waals surface area contributed by atoms with Crippen molar-refractivity contribution < 1.29 is 22.7 Å². The Morgan fingerprint density at radius 2 is 1.78 bits per heavy atom. The van der Waals surface area contributed by atoms with E-state index in [1.54, 1.807) is 42.5 Å². The Balaban J connectivity index is 1.96. The highest BCUT2D eigenvalue weighted by Gasteiger charge is 2.33. The lowest BCUT2D eigenvalue weighted by atomic mass is 10.1. The minimum Gasteiger partial charge on any atom is -0.495 e. The molecule has 0 aromatic heterocycles. The zero-order valence-corrected chi connectivity index (χ0v) is 23.6. The Morgan fingerprint density at radius 3 is 2.38 bits per heavy atom. The summed E-state index contributed by atoms with van der Waals surface area (Å²) in [4.78, 5) is 28.6. The second kappa shape index (κ2) is 12.8. The Kier molecular flexibility index (Phi) is 10.1. The zero-order valence-electron chi connectivity index (χ0n) is 21.2. The first-order valence-electron chi connectivity index (χ1n) is 12.2. The Bertz CT molecular complexity index is 1220. The molecule has 1 N–H and O–H groups in total. The average molecular weight is 571 g/mol. The van der Waals surface area contributed by atoms with Gasteiger partial charge in [-0.3, -0.25) is 13.9 Å². The molecule has 0 saturated heterocycles. The van der Waals surface area contributed by atoms with E-state index in [1.165, 1.54) is 12.0 Å². The van der Waals surface area contributed by atoms with Crippen LogP contribution in [0.5, 0.6) is 5.75 Å². The molecule has 2 amide bonds. The average Bonchev–Trinajstić information content (AvgIpc) is 3.36. The summed E-state index contributed by atoms with van der Waals surface area (Å²) in [5, 5.41) is 3.76. The molecule has 8 nitrogen and oxygen atoms in total. The summed E-state index contributed by atoms with van der Waals surface area (Å²) in [6.45, 7) is 1.37. The summed E-state index contributed by atoms with van der Waals surface area (Å²) >= 11 is 12.3. The molecule has 2 aromatic carbocycles. The number of carbonyl (C=O) groups is 2. The van der Waals surface area contributed by atoms with Gasteiger partial charge < -0.3 is 15.0 Å². The van der Waals surface area contributed by atoms with Crippen molar-refractivity contribution in [1.82, 2.24) is 10.2 Å². The van der Waals surface area contributed by atoms with Crippen LogP contribution in [0.4, 0.5) is 5.69 Å². The summed E-state index contributed by atoms with van der Waals surface area (Å²) in [6.07, 6.45) is 5.28. The van der Waals surface area contributed by atoms with E-state index in [4.69, 9.17) is 27.9 Å². The van der Waals surface area contributed by atoms with Crippen molar-refractivity contribution in [3.8, 4) is 5.75 Å². The molecule has 1 saturated carbocycles. The Hall–Kier alpha value is -2.49. The van der Waals surface area contributed by atoms with Crippen molar-refractivity contribution in [2.45, 2.75) is 57.7 Å². The maximum Gasteiger partial charge on any atom is 0.244 e. The number of rotatable bonds is 11. The number of sulfonamides is 1. The SMILES string of the molecule is CCC(C(=O)NC1CCCC1)N(Cc1ccc(Cl)c(Cl)c1)C(=O)CN(c1ccccc1OC)S(C)(=O)=O. The quantitative estimate of drug-likeness (QED) is 0.425. The minimum absolute atomic E-state index is 0.0514. The van der Waals surface area contributed by atoms with Gasteiger partial charge in [0.1, 0.15) is 18.3 Å². The first kappa shape index (κ1) is 29.1. The number of ether oxygens (including phenoxy) is 1. The van der Waals surface area contributed by atoms with Crippen molar-refractivity contribution >= 4 is 50.7 Å². The molecule has 0 spiro atoms. The molecular weight excluding hydrogens is 537 g/mol. The number of nitrogens with one attached hydrogen (secondary N) is 1. The van der Waals surface area contributed by atoms with Crippen molar-refractivity contribution in [2.24, 2.45) is 0 Å². The van der Waals surface area contributed by atoms with Crippen LogP contribution in [-0.2, 0) is 26.2 Å². The maximum absolute atomic E-state index is 13.8.